The fraction of sp³-hybridized carbons (Fsp3) is 1.00. The van der Waals surface area contributed by atoms with Crippen LogP contribution in [0.2, 0.25) is 0 Å². The third-order valence-corrected chi connectivity index (χ3v) is 2.82. The lowest BCUT2D eigenvalue weighted by Crippen LogP contribution is -2.33. The molecule has 1 heterocycles. The van der Waals surface area contributed by atoms with Gasteiger partial charge in [0, 0.05) is 5.92 Å². The molecule has 0 aromatic rings. The summed E-state index contributed by atoms with van der Waals surface area (Å²) in [5.41, 5.74) is 0. The highest BCUT2D eigenvalue weighted by Crippen LogP contribution is 2.15. The molecule has 6 heavy (non-hydrogen) atoms. The van der Waals surface area contributed by atoms with Crippen LogP contribution < -0.4 is 0 Å². The first kappa shape index (κ1) is 4.47. The molecule has 1 saturated heterocycles. The Morgan fingerprint density at radius 3 is 2.17 bits per heavy atom. The maximum Gasteiger partial charge on any atom is 0.112 e. The lowest BCUT2D eigenvalue weighted by molar-refractivity contribution is 0.541. The van der Waals surface area contributed by atoms with Crippen LogP contribution in [0.4, 0.5) is 0 Å². The third kappa shape index (κ3) is 0.684. The first-order chi connectivity index (χ1) is 2.79. The Morgan fingerprint density at radius 1 is 1.67 bits per heavy atom. The molecule has 1 nitrogen and oxygen atoms in total. The molecular weight excluding hydrogens is 96.1 g/mol. The molecule has 0 amide bonds. The van der Waals surface area contributed by atoms with Crippen LogP contribution in [0.15, 0.2) is 0 Å². The summed E-state index contributed by atoms with van der Waals surface area (Å²) in [7, 11) is 0. The number of hydrogen-bond donors (Lipinski definition) is 0. The first-order valence-electron chi connectivity index (χ1n) is 2.14. The van der Waals surface area contributed by atoms with E-state index in [9.17, 15) is 4.55 Å². The smallest absolute Gasteiger partial charge is 0.112 e. The van der Waals surface area contributed by atoms with Gasteiger partial charge in [0.05, 0.1) is 0 Å². The zero-order chi connectivity index (χ0) is 4.57. The Kier molecular flexibility index (Phi) is 1.06. The Bertz CT molecular complexity index is 43.5. The van der Waals surface area contributed by atoms with Gasteiger partial charge in [0.2, 0.25) is 0 Å². The molecule has 0 radical (unpaired) electrons. The molecule has 1 fully saturated rings. The van der Waals surface area contributed by atoms with Gasteiger partial charge in [-0.15, -0.1) is 0 Å². The van der Waals surface area contributed by atoms with E-state index < -0.39 is 11.2 Å². The van der Waals surface area contributed by atoms with Crippen LogP contribution >= 0.6 is 0 Å². The molecule has 0 aromatic heterocycles. The maximum atomic E-state index is 10.2. The molecule has 1 aliphatic rings. The van der Waals surface area contributed by atoms with Gasteiger partial charge in [-0.05, 0) is 0 Å². The number of hydrogen-bond acceptors (Lipinski definition) is 1. The summed E-state index contributed by atoms with van der Waals surface area (Å²) in [4.78, 5) is 0. The summed E-state index contributed by atoms with van der Waals surface area (Å²) >= 11 is -0.422. The van der Waals surface area contributed by atoms with Crippen LogP contribution in [-0.2, 0) is 11.2 Å². The molecule has 36 valence electrons. The minimum atomic E-state index is -0.422. The fourth-order valence-corrected chi connectivity index (χ4v) is 1.76. The van der Waals surface area contributed by atoms with E-state index in [-0.39, 0.29) is 0 Å². The second-order valence-electron chi connectivity index (χ2n) is 1.88. The van der Waals surface area contributed by atoms with Gasteiger partial charge in [-0.1, -0.05) is 18.1 Å². The van der Waals surface area contributed by atoms with Crippen molar-refractivity contribution in [3.05, 3.63) is 0 Å². The lowest BCUT2D eigenvalue weighted by atomic mass is 10.2. The molecule has 2 heteroatoms. The highest BCUT2D eigenvalue weighted by atomic mass is 32.2. The van der Waals surface area contributed by atoms with Crippen LogP contribution in [0.5, 0.6) is 0 Å². The van der Waals surface area contributed by atoms with Crippen molar-refractivity contribution in [2.45, 2.75) is 6.92 Å². The topological polar surface area (TPSA) is 23.1 Å². The van der Waals surface area contributed by atoms with Crippen molar-refractivity contribution in [3.8, 4) is 0 Å². The molecule has 1 aliphatic heterocycles. The SMILES string of the molecule is C[C@H]1C[S@+]([O-])C1. The zero-order valence-corrected chi connectivity index (χ0v) is 4.62. The molecule has 0 atom stereocenters. The van der Waals surface area contributed by atoms with Gasteiger partial charge < -0.3 is 4.55 Å². The zero-order valence-electron chi connectivity index (χ0n) is 3.81. The van der Waals surface area contributed by atoms with E-state index in [2.05, 4.69) is 6.92 Å². The van der Waals surface area contributed by atoms with Crippen molar-refractivity contribution < 1.29 is 4.55 Å². The molecular formula is C4H8OS. The lowest BCUT2D eigenvalue weighted by Gasteiger charge is -2.24. The van der Waals surface area contributed by atoms with Crippen molar-refractivity contribution in [2.75, 3.05) is 11.5 Å². The molecule has 0 bridgehead atoms. The highest BCUT2D eigenvalue weighted by molar-refractivity contribution is 7.92. The summed E-state index contributed by atoms with van der Waals surface area (Å²) in [5.74, 6) is 2.63. The first-order valence-corrected chi connectivity index (χ1v) is 3.63. The quantitative estimate of drug-likeness (QED) is 0.407. The van der Waals surface area contributed by atoms with Gasteiger partial charge in [-0.3, -0.25) is 0 Å². The standard InChI is InChI=1S/C4H8OS/c1-4-2-6(5)3-4/h4H,2-3H2,1H3/t4-,6-. The molecule has 0 spiro atoms. The van der Waals surface area contributed by atoms with E-state index in [1.165, 1.54) is 0 Å². The van der Waals surface area contributed by atoms with E-state index >= 15 is 0 Å². The normalized spacial score (nSPS) is 45.0. The monoisotopic (exact) mass is 104 g/mol. The molecule has 0 unspecified atom stereocenters. The van der Waals surface area contributed by atoms with Crippen molar-refractivity contribution in [1.82, 2.24) is 0 Å². The Labute approximate surface area is 40.9 Å². The number of rotatable bonds is 0. The van der Waals surface area contributed by atoms with Gasteiger partial charge in [-0.2, -0.15) is 0 Å². The second-order valence-corrected chi connectivity index (χ2v) is 3.42. The fourth-order valence-electron chi connectivity index (χ4n) is 0.586. The summed E-state index contributed by atoms with van der Waals surface area (Å²) in [6, 6.07) is 0. The Balaban J connectivity index is 2.11. The van der Waals surface area contributed by atoms with E-state index in [1.54, 1.807) is 0 Å². The predicted molar refractivity (Wildman–Crippen MR) is 27.0 cm³/mol. The minimum Gasteiger partial charge on any atom is -0.616 e. The second kappa shape index (κ2) is 1.43. The third-order valence-electron chi connectivity index (χ3n) is 0.941. The van der Waals surface area contributed by atoms with Gasteiger partial charge in [0.1, 0.15) is 11.5 Å². The van der Waals surface area contributed by atoms with Crippen LogP contribution in [-0.4, -0.2) is 16.1 Å². The van der Waals surface area contributed by atoms with Gasteiger partial charge in [0.15, 0.2) is 0 Å². The van der Waals surface area contributed by atoms with Crippen LogP contribution in [0, 0.1) is 5.92 Å². The van der Waals surface area contributed by atoms with E-state index in [0.717, 1.165) is 17.4 Å². The van der Waals surface area contributed by atoms with E-state index in [0.29, 0.717) is 0 Å². The van der Waals surface area contributed by atoms with Crippen molar-refractivity contribution in [2.24, 2.45) is 5.92 Å². The maximum absolute atomic E-state index is 10.2. The van der Waals surface area contributed by atoms with Crippen molar-refractivity contribution in [1.29, 1.82) is 0 Å². The molecule has 0 N–H and O–H groups in total. The molecule has 1 rings (SSSR count). The van der Waals surface area contributed by atoms with Crippen LogP contribution in [0.3, 0.4) is 0 Å². The van der Waals surface area contributed by atoms with Crippen LogP contribution in [0.25, 0.3) is 0 Å². The largest absolute Gasteiger partial charge is 0.616 e. The van der Waals surface area contributed by atoms with Crippen molar-refractivity contribution in [3.63, 3.8) is 0 Å². The summed E-state index contributed by atoms with van der Waals surface area (Å²) in [6.07, 6.45) is 0. The summed E-state index contributed by atoms with van der Waals surface area (Å²) in [5, 5.41) is 0. The van der Waals surface area contributed by atoms with Gasteiger partial charge in [0.25, 0.3) is 0 Å². The minimum absolute atomic E-state index is 0.422. The van der Waals surface area contributed by atoms with E-state index in [1.807, 2.05) is 0 Å². The van der Waals surface area contributed by atoms with Crippen LogP contribution in [0.1, 0.15) is 6.92 Å². The average molecular weight is 104 g/mol. The molecule has 0 aliphatic carbocycles. The summed E-state index contributed by atoms with van der Waals surface area (Å²) < 4.78 is 10.2. The highest BCUT2D eigenvalue weighted by Gasteiger charge is 2.26. The summed E-state index contributed by atoms with van der Waals surface area (Å²) in [6.45, 7) is 2.13. The van der Waals surface area contributed by atoms with Gasteiger partial charge >= 0.3 is 0 Å². The average Bonchev–Trinajstić information content (AvgIpc) is 1.33. The predicted octanol–water partition coefficient (Wildman–Crippen LogP) is 0.385. The Hall–Kier alpha value is 0.310. The molecule has 0 saturated carbocycles. The molecule has 0 aromatic carbocycles. The van der Waals surface area contributed by atoms with Crippen molar-refractivity contribution >= 4 is 11.2 Å². The van der Waals surface area contributed by atoms with E-state index in [4.69, 9.17) is 0 Å². The Morgan fingerprint density at radius 2 is 2.17 bits per heavy atom. The van der Waals surface area contributed by atoms with Gasteiger partial charge in [-0.25, -0.2) is 0 Å².